The number of sulfonamides is 1. The number of aromatic amines is 1. The maximum Gasteiger partial charge on any atom is 0.248 e. The SMILES string of the molecule is COCC1(CNS(=O)(=O)c2ccc3[nH]c(=O)ccc3c2)CCNCC1. The maximum atomic E-state index is 12.7. The van der Waals surface area contributed by atoms with Gasteiger partial charge in [0, 0.05) is 30.7 Å². The predicted molar refractivity (Wildman–Crippen MR) is 96.2 cm³/mol. The van der Waals surface area contributed by atoms with Crippen LogP contribution in [0.3, 0.4) is 0 Å². The summed E-state index contributed by atoms with van der Waals surface area (Å²) < 4.78 is 33.5. The van der Waals surface area contributed by atoms with Crippen molar-refractivity contribution in [2.75, 3.05) is 33.4 Å². The van der Waals surface area contributed by atoms with Gasteiger partial charge in [0.15, 0.2) is 0 Å². The van der Waals surface area contributed by atoms with Crippen LogP contribution in [0.15, 0.2) is 40.0 Å². The zero-order chi connectivity index (χ0) is 17.9. The summed E-state index contributed by atoms with van der Waals surface area (Å²) in [5, 5.41) is 3.97. The molecule has 3 rings (SSSR count). The third-order valence-corrected chi connectivity index (χ3v) is 6.16. The second kappa shape index (κ2) is 7.25. The van der Waals surface area contributed by atoms with Gasteiger partial charge in [-0.1, -0.05) is 0 Å². The number of aromatic nitrogens is 1. The van der Waals surface area contributed by atoms with Crippen LogP contribution in [-0.4, -0.2) is 46.8 Å². The summed E-state index contributed by atoms with van der Waals surface area (Å²) in [4.78, 5) is 14.2. The topological polar surface area (TPSA) is 100 Å². The number of pyridine rings is 1. The number of piperidine rings is 1. The number of benzene rings is 1. The molecule has 136 valence electrons. The van der Waals surface area contributed by atoms with E-state index in [9.17, 15) is 13.2 Å². The van der Waals surface area contributed by atoms with E-state index in [-0.39, 0.29) is 15.9 Å². The van der Waals surface area contributed by atoms with Crippen LogP contribution >= 0.6 is 0 Å². The highest BCUT2D eigenvalue weighted by Crippen LogP contribution is 2.29. The van der Waals surface area contributed by atoms with Gasteiger partial charge in [-0.05, 0) is 55.6 Å². The monoisotopic (exact) mass is 365 g/mol. The van der Waals surface area contributed by atoms with Crippen LogP contribution in [0.2, 0.25) is 0 Å². The van der Waals surface area contributed by atoms with Crippen molar-refractivity contribution in [1.29, 1.82) is 0 Å². The molecule has 0 unspecified atom stereocenters. The van der Waals surface area contributed by atoms with E-state index in [1.807, 2.05) is 0 Å². The van der Waals surface area contributed by atoms with Crippen molar-refractivity contribution in [3.05, 3.63) is 40.7 Å². The van der Waals surface area contributed by atoms with Crippen LogP contribution in [-0.2, 0) is 14.8 Å². The molecule has 1 aromatic carbocycles. The summed E-state index contributed by atoms with van der Waals surface area (Å²) in [6.45, 7) is 2.58. The van der Waals surface area contributed by atoms with Gasteiger partial charge in [-0.3, -0.25) is 4.79 Å². The standard InChI is InChI=1S/C17H23N3O4S/c1-24-12-17(6-8-18-9-7-17)11-19-25(22,23)14-3-4-15-13(10-14)2-5-16(21)20-15/h2-5,10,18-19H,6-9,11-12H2,1H3,(H,20,21). The Balaban J connectivity index is 1.81. The Labute approximate surface area is 146 Å². The maximum absolute atomic E-state index is 12.7. The number of hydrogen-bond acceptors (Lipinski definition) is 5. The van der Waals surface area contributed by atoms with Crippen LogP contribution in [0.5, 0.6) is 0 Å². The molecule has 0 bridgehead atoms. The van der Waals surface area contributed by atoms with Crippen LogP contribution in [0.25, 0.3) is 10.9 Å². The lowest BCUT2D eigenvalue weighted by molar-refractivity contribution is 0.0577. The summed E-state index contributed by atoms with van der Waals surface area (Å²) in [5.41, 5.74) is 0.212. The number of H-pyrrole nitrogens is 1. The summed E-state index contributed by atoms with van der Waals surface area (Å²) in [7, 11) is -1.99. The molecule has 0 spiro atoms. The fourth-order valence-corrected chi connectivity index (χ4v) is 4.46. The quantitative estimate of drug-likeness (QED) is 0.704. The van der Waals surface area contributed by atoms with Crippen molar-refractivity contribution in [2.24, 2.45) is 5.41 Å². The van der Waals surface area contributed by atoms with E-state index in [4.69, 9.17) is 4.74 Å². The minimum atomic E-state index is -3.64. The van der Waals surface area contributed by atoms with Crippen LogP contribution in [0.4, 0.5) is 0 Å². The minimum Gasteiger partial charge on any atom is -0.384 e. The first-order chi connectivity index (χ1) is 11.9. The van der Waals surface area contributed by atoms with E-state index in [1.165, 1.54) is 12.1 Å². The molecule has 0 saturated carbocycles. The Morgan fingerprint density at radius 3 is 2.68 bits per heavy atom. The molecule has 8 heteroatoms. The third-order valence-electron chi connectivity index (χ3n) is 4.76. The highest BCUT2D eigenvalue weighted by molar-refractivity contribution is 7.89. The predicted octanol–water partition coefficient (Wildman–Crippen LogP) is 0.823. The second-order valence-corrected chi connectivity index (χ2v) is 8.35. The molecule has 2 heterocycles. The highest BCUT2D eigenvalue weighted by atomic mass is 32.2. The Bertz CT molecular complexity index is 896. The van der Waals surface area contributed by atoms with Gasteiger partial charge in [0.2, 0.25) is 15.6 Å². The Morgan fingerprint density at radius 2 is 1.96 bits per heavy atom. The van der Waals surface area contributed by atoms with E-state index in [2.05, 4.69) is 15.0 Å². The van der Waals surface area contributed by atoms with Crippen LogP contribution < -0.4 is 15.6 Å². The fraction of sp³-hybridized carbons (Fsp3) is 0.471. The molecular formula is C17H23N3O4S. The molecular weight excluding hydrogens is 342 g/mol. The van der Waals surface area contributed by atoms with Crippen molar-refractivity contribution in [1.82, 2.24) is 15.0 Å². The molecule has 1 aromatic heterocycles. The lowest BCUT2D eigenvalue weighted by Gasteiger charge is -2.37. The van der Waals surface area contributed by atoms with Crippen molar-refractivity contribution >= 4 is 20.9 Å². The van der Waals surface area contributed by atoms with Gasteiger partial charge in [-0.25, -0.2) is 13.1 Å². The number of hydrogen-bond donors (Lipinski definition) is 3. The fourth-order valence-electron chi connectivity index (χ4n) is 3.27. The lowest BCUT2D eigenvalue weighted by Crippen LogP contribution is -2.47. The van der Waals surface area contributed by atoms with Gasteiger partial charge in [-0.2, -0.15) is 0 Å². The smallest absolute Gasteiger partial charge is 0.248 e. The van der Waals surface area contributed by atoms with Crippen LogP contribution in [0, 0.1) is 5.41 Å². The first kappa shape index (κ1) is 18.1. The summed E-state index contributed by atoms with van der Waals surface area (Å²) >= 11 is 0. The zero-order valence-corrected chi connectivity index (χ0v) is 15.0. The van der Waals surface area contributed by atoms with Crippen molar-refractivity contribution in [3.8, 4) is 0 Å². The first-order valence-electron chi connectivity index (χ1n) is 8.27. The molecule has 1 fully saturated rings. The largest absolute Gasteiger partial charge is 0.384 e. The second-order valence-electron chi connectivity index (χ2n) is 6.58. The van der Waals surface area contributed by atoms with E-state index in [1.54, 1.807) is 25.3 Å². The molecule has 7 nitrogen and oxygen atoms in total. The first-order valence-corrected chi connectivity index (χ1v) is 9.75. The van der Waals surface area contributed by atoms with Gasteiger partial charge in [0.1, 0.15) is 0 Å². The van der Waals surface area contributed by atoms with Gasteiger partial charge >= 0.3 is 0 Å². The van der Waals surface area contributed by atoms with Crippen molar-refractivity contribution in [3.63, 3.8) is 0 Å². The molecule has 0 amide bonds. The summed E-state index contributed by atoms with van der Waals surface area (Å²) in [6.07, 6.45) is 1.73. The van der Waals surface area contributed by atoms with E-state index < -0.39 is 10.0 Å². The number of methoxy groups -OCH3 is 1. The Morgan fingerprint density at radius 1 is 1.20 bits per heavy atom. The molecule has 1 aliphatic heterocycles. The average Bonchev–Trinajstić information content (AvgIpc) is 2.61. The molecule has 0 atom stereocenters. The van der Waals surface area contributed by atoms with Crippen LogP contribution in [0.1, 0.15) is 12.8 Å². The summed E-state index contributed by atoms with van der Waals surface area (Å²) in [6, 6.07) is 7.69. The Kier molecular flexibility index (Phi) is 5.24. The normalized spacial score (nSPS) is 17.6. The lowest BCUT2D eigenvalue weighted by atomic mass is 9.80. The highest BCUT2D eigenvalue weighted by Gasteiger charge is 2.33. The number of rotatable bonds is 6. The zero-order valence-electron chi connectivity index (χ0n) is 14.2. The van der Waals surface area contributed by atoms with E-state index in [0.717, 1.165) is 25.9 Å². The molecule has 3 N–H and O–H groups in total. The average molecular weight is 365 g/mol. The van der Waals surface area contributed by atoms with Gasteiger partial charge in [0.25, 0.3) is 0 Å². The number of fused-ring (bicyclic) bond motifs is 1. The van der Waals surface area contributed by atoms with Gasteiger partial charge in [0.05, 0.1) is 11.5 Å². The molecule has 0 aliphatic carbocycles. The molecule has 0 radical (unpaired) electrons. The molecule has 1 aliphatic rings. The molecule has 1 saturated heterocycles. The van der Waals surface area contributed by atoms with Gasteiger partial charge < -0.3 is 15.0 Å². The van der Waals surface area contributed by atoms with Gasteiger partial charge in [-0.15, -0.1) is 0 Å². The number of ether oxygens (including phenoxy) is 1. The minimum absolute atomic E-state index is 0.185. The molecule has 2 aromatic rings. The van der Waals surface area contributed by atoms with E-state index >= 15 is 0 Å². The van der Waals surface area contributed by atoms with E-state index in [0.29, 0.717) is 24.1 Å². The summed E-state index contributed by atoms with van der Waals surface area (Å²) in [5.74, 6) is 0. The molecule has 25 heavy (non-hydrogen) atoms. The number of nitrogens with one attached hydrogen (secondary N) is 3. The Hall–Kier alpha value is -1.74. The van der Waals surface area contributed by atoms with Crippen molar-refractivity contribution in [2.45, 2.75) is 17.7 Å². The third kappa shape index (κ3) is 4.09. The van der Waals surface area contributed by atoms with Crippen molar-refractivity contribution < 1.29 is 13.2 Å².